The molecule has 0 bridgehead atoms. The van der Waals surface area contributed by atoms with Gasteiger partial charge >= 0.3 is 0 Å². The maximum atomic E-state index is 5.31. The first-order valence-corrected chi connectivity index (χ1v) is 3.66. The van der Waals surface area contributed by atoms with Crippen LogP contribution in [0.5, 0.6) is 0 Å². The van der Waals surface area contributed by atoms with E-state index >= 15 is 0 Å². The number of rotatable bonds is 2. The lowest BCUT2D eigenvalue weighted by Crippen LogP contribution is -2.29. The van der Waals surface area contributed by atoms with Gasteiger partial charge in [0, 0.05) is 7.05 Å². The second-order valence-corrected chi connectivity index (χ2v) is 3.14. The minimum atomic E-state index is -0.366. The molecule has 4 heteroatoms. The van der Waals surface area contributed by atoms with Gasteiger partial charge in [-0.05, 0) is 13.8 Å². The van der Waals surface area contributed by atoms with E-state index in [0.29, 0.717) is 0 Å². The van der Waals surface area contributed by atoms with E-state index in [0.717, 1.165) is 5.82 Å². The van der Waals surface area contributed by atoms with Gasteiger partial charge in [0.2, 0.25) is 0 Å². The highest BCUT2D eigenvalue weighted by molar-refractivity contribution is 5.38. The second kappa shape index (κ2) is 2.86. The zero-order chi connectivity index (χ0) is 9.19. The number of hydrogen-bond acceptors (Lipinski definition) is 3. The van der Waals surface area contributed by atoms with Gasteiger partial charge in [0.1, 0.15) is 5.82 Å². The number of hydrogen-bond donors (Lipinski definition) is 1. The van der Waals surface area contributed by atoms with Crippen LogP contribution in [-0.4, -0.2) is 20.5 Å². The van der Waals surface area contributed by atoms with Crippen molar-refractivity contribution in [1.29, 1.82) is 0 Å². The maximum Gasteiger partial charge on any atom is 0.145 e. The third kappa shape index (κ3) is 1.76. The number of terminal acetylenes is 1. The predicted octanol–water partition coefficient (Wildman–Crippen LogP) is 0.639. The number of aryl methyl sites for hydroxylation is 1. The molecule has 1 N–H and O–H groups in total. The summed E-state index contributed by atoms with van der Waals surface area (Å²) in [5.74, 6) is 3.44. The highest BCUT2D eigenvalue weighted by atomic mass is 15.4. The van der Waals surface area contributed by atoms with Gasteiger partial charge in [0.25, 0.3) is 0 Å². The summed E-state index contributed by atoms with van der Waals surface area (Å²) in [7, 11) is 1.81. The zero-order valence-corrected chi connectivity index (χ0v) is 7.50. The van der Waals surface area contributed by atoms with Crippen molar-refractivity contribution in [3.63, 3.8) is 0 Å². The Morgan fingerprint density at radius 3 is 2.75 bits per heavy atom. The first-order valence-electron chi connectivity index (χ1n) is 3.66. The molecular formula is C8H12N4. The number of anilines is 1. The van der Waals surface area contributed by atoms with E-state index in [4.69, 9.17) is 6.42 Å². The van der Waals surface area contributed by atoms with E-state index in [9.17, 15) is 0 Å². The van der Waals surface area contributed by atoms with Crippen LogP contribution in [0, 0.1) is 12.3 Å². The summed E-state index contributed by atoms with van der Waals surface area (Å²) in [4.78, 5) is 0. The van der Waals surface area contributed by atoms with Crippen molar-refractivity contribution >= 4 is 5.82 Å². The molecule has 1 aromatic rings. The minimum absolute atomic E-state index is 0.366. The van der Waals surface area contributed by atoms with Crippen molar-refractivity contribution in [3.05, 3.63) is 6.20 Å². The summed E-state index contributed by atoms with van der Waals surface area (Å²) in [6.45, 7) is 3.83. The minimum Gasteiger partial charge on any atom is -0.353 e. The van der Waals surface area contributed by atoms with Crippen molar-refractivity contribution in [3.8, 4) is 12.3 Å². The van der Waals surface area contributed by atoms with Crippen LogP contribution in [-0.2, 0) is 7.05 Å². The molecule has 0 amide bonds. The van der Waals surface area contributed by atoms with Gasteiger partial charge in [-0.2, -0.15) is 0 Å². The Balaban J connectivity index is 2.78. The molecule has 0 unspecified atom stereocenters. The van der Waals surface area contributed by atoms with Gasteiger partial charge in [0.05, 0.1) is 11.7 Å². The van der Waals surface area contributed by atoms with Gasteiger partial charge in [-0.1, -0.05) is 11.1 Å². The Hall–Kier alpha value is -1.50. The third-order valence-electron chi connectivity index (χ3n) is 1.52. The van der Waals surface area contributed by atoms with Crippen molar-refractivity contribution in [2.75, 3.05) is 5.32 Å². The van der Waals surface area contributed by atoms with Crippen LogP contribution in [0.15, 0.2) is 6.20 Å². The third-order valence-corrected chi connectivity index (χ3v) is 1.52. The standard InChI is InChI=1S/C8H12N4/c1-5-8(2,3)10-7-6-9-11-12(7)4/h1,6,10H,2-4H3. The molecular weight excluding hydrogens is 152 g/mol. The van der Waals surface area contributed by atoms with Crippen LogP contribution in [0.4, 0.5) is 5.82 Å². The lowest BCUT2D eigenvalue weighted by atomic mass is 10.1. The van der Waals surface area contributed by atoms with Gasteiger partial charge in [-0.15, -0.1) is 11.5 Å². The lowest BCUT2D eigenvalue weighted by molar-refractivity contribution is 0.681. The molecule has 1 heterocycles. The Morgan fingerprint density at radius 1 is 1.67 bits per heavy atom. The fourth-order valence-corrected chi connectivity index (χ4v) is 0.759. The van der Waals surface area contributed by atoms with Gasteiger partial charge in [-0.25, -0.2) is 4.68 Å². The summed E-state index contributed by atoms with van der Waals surface area (Å²) in [6.07, 6.45) is 6.95. The van der Waals surface area contributed by atoms with E-state index in [2.05, 4.69) is 21.5 Å². The molecule has 12 heavy (non-hydrogen) atoms. The summed E-state index contributed by atoms with van der Waals surface area (Å²) in [5, 5.41) is 10.6. The Kier molecular flexibility index (Phi) is 2.05. The molecule has 0 radical (unpaired) electrons. The molecule has 0 saturated carbocycles. The van der Waals surface area contributed by atoms with Crippen LogP contribution in [0.25, 0.3) is 0 Å². The fourth-order valence-electron chi connectivity index (χ4n) is 0.759. The topological polar surface area (TPSA) is 42.7 Å². The quantitative estimate of drug-likeness (QED) is 0.652. The second-order valence-electron chi connectivity index (χ2n) is 3.14. The molecule has 64 valence electrons. The molecule has 4 nitrogen and oxygen atoms in total. The van der Waals surface area contributed by atoms with Gasteiger partial charge in [0.15, 0.2) is 0 Å². The van der Waals surface area contributed by atoms with E-state index in [-0.39, 0.29) is 5.54 Å². The molecule has 1 rings (SSSR count). The summed E-state index contributed by atoms with van der Waals surface area (Å²) in [6, 6.07) is 0. The van der Waals surface area contributed by atoms with Crippen LogP contribution in [0.1, 0.15) is 13.8 Å². The highest BCUT2D eigenvalue weighted by Gasteiger charge is 2.14. The molecule has 0 aliphatic rings. The van der Waals surface area contributed by atoms with Crippen LogP contribution < -0.4 is 5.32 Å². The smallest absolute Gasteiger partial charge is 0.145 e. The van der Waals surface area contributed by atoms with Crippen molar-refractivity contribution < 1.29 is 0 Å². The molecule has 0 fully saturated rings. The molecule has 0 spiro atoms. The lowest BCUT2D eigenvalue weighted by Gasteiger charge is -2.19. The molecule has 0 aromatic carbocycles. The largest absolute Gasteiger partial charge is 0.353 e. The number of aromatic nitrogens is 3. The highest BCUT2D eigenvalue weighted by Crippen LogP contribution is 2.10. The summed E-state index contributed by atoms with van der Waals surface area (Å²) < 4.78 is 1.64. The monoisotopic (exact) mass is 164 g/mol. The number of nitrogens with one attached hydrogen (secondary N) is 1. The first-order chi connectivity index (χ1) is 5.55. The summed E-state index contributed by atoms with van der Waals surface area (Å²) >= 11 is 0. The molecule has 0 saturated heterocycles. The Labute approximate surface area is 72.0 Å². The molecule has 0 aliphatic heterocycles. The maximum absolute atomic E-state index is 5.31. The van der Waals surface area contributed by atoms with Crippen molar-refractivity contribution in [2.45, 2.75) is 19.4 Å². The average molecular weight is 164 g/mol. The van der Waals surface area contributed by atoms with Crippen LogP contribution in [0.2, 0.25) is 0 Å². The van der Waals surface area contributed by atoms with E-state index in [1.54, 1.807) is 10.9 Å². The zero-order valence-electron chi connectivity index (χ0n) is 7.50. The fraction of sp³-hybridized carbons (Fsp3) is 0.500. The Bertz CT molecular complexity index is 305. The summed E-state index contributed by atoms with van der Waals surface area (Å²) in [5.41, 5.74) is -0.366. The van der Waals surface area contributed by atoms with E-state index in [1.807, 2.05) is 20.9 Å². The van der Waals surface area contributed by atoms with Crippen molar-refractivity contribution in [1.82, 2.24) is 15.0 Å². The molecule has 0 atom stereocenters. The normalized spacial score (nSPS) is 10.8. The molecule has 0 aliphatic carbocycles. The van der Waals surface area contributed by atoms with E-state index in [1.165, 1.54) is 0 Å². The van der Waals surface area contributed by atoms with Crippen LogP contribution >= 0.6 is 0 Å². The first kappa shape index (κ1) is 8.60. The van der Waals surface area contributed by atoms with Crippen LogP contribution in [0.3, 0.4) is 0 Å². The van der Waals surface area contributed by atoms with Gasteiger partial charge < -0.3 is 5.32 Å². The average Bonchev–Trinajstić information content (AvgIpc) is 2.36. The van der Waals surface area contributed by atoms with Crippen molar-refractivity contribution in [2.24, 2.45) is 7.05 Å². The SMILES string of the molecule is C#CC(C)(C)Nc1cnnn1C. The predicted molar refractivity (Wildman–Crippen MR) is 47.5 cm³/mol. The van der Waals surface area contributed by atoms with E-state index < -0.39 is 0 Å². The molecule has 1 aromatic heterocycles. The Morgan fingerprint density at radius 2 is 2.33 bits per heavy atom. The number of nitrogens with zero attached hydrogens (tertiary/aromatic N) is 3. The van der Waals surface area contributed by atoms with Gasteiger partial charge in [-0.3, -0.25) is 0 Å².